The van der Waals surface area contributed by atoms with Gasteiger partial charge in [0.1, 0.15) is 5.39 Å². The second kappa shape index (κ2) is 6.74. The van der Waals surface area contributed by atoms with Crippen molar-refractivity contribution in [3.8, 4) is 0 Å². The first-order valence-corrected chi connectivity index (χ1v) is 7.77. The third-order valence-corrected chi connectivity index (χ3v) is 3.74. The van der Waals surface area contributed by atoms with Crippen molar-refractivity contribution in [3.63, 3.8) is 0 Å². The molecule has 6 nitrogen and oxygen atoms in total. The lowest BCUT2D eigenvalue weighted by atomic mass is 10.2. The highest BCUT2D eigenvalue weighted by molar-refractivity contribution is 5.73. The minimum atomic E-state index is -0.272. The van der Waals surface area contributed by atoms with Crippen LogP contribution in [0, 0.1) is 0 Å². The van der Waals surface area contributed by atoms with Crippen LogP contribution in [0.1, 0.15) is 46.0 Å². The van der Waals surface area contributed by atoms with Crippen LogP contribution in [0.5, 0.6) is 0 Å². The minimum Gasteiger partial charge on any atom is -0.276 e. The predicted molar refractivity (Wildman–Crippen MR) is 83.7 cm³/mol. The molecule has 21 heavy (non-hydrogen) atoms. The van der Waals surface area contributed by atoms with Crippen LogP contribution in [0.4, 0.5) is 0 Å². The molecule has 6 heteroatoms. The third-order valence-electron chi connectivity index (χ3n) is 3.74. The third kappa shape index (κ3) is 3.09. The van der Waals surface area contributed by atoms with Crippen LogP contribution in [-0.2, 0) is 20.1 Å². The van der Waals surface area contributed by atoms with Crippen LogP contribution < -0.4 is 11.2 Å². The maximum atomic E-state index is 12.3. The molecule has 0 saturated heterocycles. The molecule has 0 N–H and O–H groups in total. The topological polar surface area (TPSA) is 61.8 Å². The Balaban J connectivity index is 2.46. The number of aryl methyl sites for hydroxylation is 2. The Kier molecular flexibility index (Phi) is 4.98. The van der Waals surface area contributed by atoms with Gasteiger partial charge >= 0.3 is 5.69 Å². The SMILES string of the molecule is CCCCCCn1c(=O)n(C)c(=O)c2cn(CCC)nc21. The minimum absolute atomic E-state index is 0.262. The second-order valence-electron chi connectivity index (χ2n) is 5.49. The lowest BCUT2D eigenvalue weighted by Gasteiger charge is -2.08. The standard InChI is InChI=1S/C15H24N4O2/c1-4-6-7-8-10-19-13-12(11-18(16-13)9-5-2)14(20)17(3)15(19)21/h11H,4-10H2,1-3H3. The lowest BCUT2D eigenvalue weighted by Crippen LogP contribution is -2.38. The highest BCUT2D eigenvalue weighted by atomic mass is 16.2. The monoisotopic (exact) mass is 292 g/mol. The van der Waals surface area contributed by atoms with E-state index in [9.17, 15) is 9.59 Å². The largest absolute Gasteiger partial charge is 0.332 e. The van der Waals surface area contributed by atoms with E-state index in [1.165, 1.54) is 11.6 Å². The number of aromatic nitrogens is 4. The molecule has 0 aliphatic rings. The number of nitrogens with zero attached hydrogens (tertiary/aromatic N) is 4. The molecule has 0 saturated carbocycles. The van der Waals surface area contributed by atoms with Gasteiger partial charge in [-0.25, -0.2) is 4.79 Å². The molecular formula is C15H24N4O2. The van der Waals surface area contributed by atoms with Crippen molar-refractivity contribution >= 4 is 11.0 Å². The van der Waals surface area contributed by atoms with Gasteiger partial charge in [0.15, 0.2) is 5.65 Å². The zero-order valence-electron chi connectivity index (χ0n) is 13.1. The van der Waals surface area contributed by atoms with Gasteiger partial charge in [-0.3, -0.25) is 18.6 Å². The number of hydrogen-bond donors (Lipinski definition) is 0. The quantitative estimate of drug-likeness (QED) is 0.732. The molecule has 2 rings (SSSR count). The molecule has 116 valence electrons. The van der Waals surface area contributed by atoms with Crippen LogP contribution in [0.2, 0.25) is 0 Å². The molecule has 0 atom stereocenters. The molecule has 0 amide bonds. The van der Waals surface area contributed by atoms with Gasteiger partial charge in [0.2, 0.25) is 0 Å². The Bertz CT molecular complexity index is 724. The smallest absolute Gasteiger partial charge is 0.276 e. The average molecular weight is 292 g/mol. The normalized spacial score (nSPS) is 11.4. The van der Waals surface area contributed by atoms with E-state index in [0.29, 0.717) is 17.6 Å². The molecule has 0 unspecified atom stereocenters. The molecular weight excluding hydrogens is 268 g/mol. The summed E-state index contributed by atoms with van der Waals surface area (Å²) in [6, 6.07) is 0. The van der Waals surface area contributed by atoms with Crippen molar-refractivity contribution in [2.24, 2.45) is 7.05 Å². The van der Waals surface area contributed by atoms with Crippen molar-refractivity contribution in [2.45, 2.75) is 59.0 Å². The Labute approximate surface area is 124 Å². The molecule has 0 spiro atoms. The van der Waals surface area contributed by atoms with Gasteiger partial charge in [0, 0.05) is 26.3 Å². The summed E-state index contributed by atoms with van der Waals surface area (Å²) >= 11 is 0. The number of unbranched alkanes of at least 4 members (excludes halogenated alkanes) is 3. The first-order chi connectivity index (χ1) is 10.1. The maximum absolute atomic E-state index is 12.3. The molecule has 0 radical (unpaired) electrons. The van der Waals surface area contributed by atoms with E-state index in [1.807, 2.05) is 0 Å². The molecule has 0 aliphatic carbocycles. The molecule has 0 aliphatic heterocycles. The van der Waals surface area contributed by atoms with E-state index in [4.69, 9.17) is 0 Å². The highest BCUT2D eigenvalue weighted by Crippen LogP contribution is 2.08. The van der Waals surface area contributed by atoms with E-state index in [0.717, 1.165) is 38.6 Å². The van der Waals surface area contributed by atoms with E-state index in [2.05, 4.69) is 18.9 Å². The molecule has 0 aromatic carbocycles. The first kappa shape index (κ1) is 15.5. The summed E-state index contributed by atoms with van der Waals surface area (Å²) < 4.78 is 4.58. The zero-order chi connectivity index (χ0) is 15.4. The molecule has 0 bridgehead atoms. The average Bonchev–Trinajstić information content (AvgIpc) is 2.88. The Morgan fingerprint density at radius 2 is 1.81 bits per heavy atom. The van der Waals surface area contributed by atoms with E-state index >= 15 is 0 Å². The number of fused-ring (bicyclic) bond motifs is 1. The van der Waals surface area contributed by atoms with Gasteiger partial charge < -0.3 is 0 Å². The van der Waals surface area contributed by atoms with Crippen LogP contribution >= 0.6 is 0 Å². The van der Waals surface area contributed by atoms with Crippen molar-refractivity contribution < 1.29 is 0 Å². The molecule has 2 heterocycles. The van der Waals surface area contributed by atoms with Gasteiger partial charge in [-0.05, 0) is 12.8 Å². The highest BCUT2D eigenvalue weighted by Gasteiger charge is 2.14. The fraction of sp³-hybridized carbons (Fsp3) is 0.667. The second-order valence-corrected chi connectivity index (χ2v) is 5.49. The van der Waals surface area contributed by atoms with Crippen LogP contribution in [0.15, 0.2) is 15.8 Å². The first-order valence-electron chi connectivity index (χ1n) is 7.77. The molecule has 0 fully saturated rings. The van der Waals surface area contributed by atoms with Crippen molar-refractivity contribution in [1.82, 2.24) is 18.9 Å². The van der Waals surface area contributed by atoms with Crippen LogP contribution in [0.25, 0.3) is 11.0 Å². The summed E-state index contributed by atoms with van der Waals surface area (Å²) in [5.41, 5.74) is -0.0130. The summed E-state index contributed by atoms with van der Waals surface area (Å²) in [5.74, 6) is 0. The van der Waals surface area contributed by atoms with Crippen molar-refractivity contribution in [1.29, 1.82) is 0 Å². The van der Waals surface area contributed by atoms with E-state index in [1.54, 1.807) is 15.4 Å². The molecule has 2 aromatic heterocycles. The summed E-state index contributed by atoms with van der Waals surface area (Å²) in [6.07, 6.45) is 7.03. The molecule has 2 aromatic rings. The van der Waals surface area contributed by atoms with Gasteiger partial charge in [-0.15, -0.1) is 0 Å². The lowest BCUT2D eigenvalue weighted by molar-refractivity contribution is 0.547. The van der Waals surface area contributed by atoms with E-state index in [-0.39, 0.29) is 11.2 Å². The summed E-state index contributed by atoms with van der Waals surface area (Å²) in [4.78, 5) is 24.5. The zero-order valence-corrected chi connectivity index (χ0v) is 13.1. The van der Waals surface area contributed by atoms with Crippen molar-refractivity contribution in [3.05, 3.63) is 27.0 Å². The van der Waals surface area contributed by atoms with E-state index < -0.39 is 0 Å². The van der Waals surface area contributed by atoms with Gasteiger partial charge in [0.25, 0.3) is 5.56 Å². The van der Waals surface area contributed by atoms with Crippen LogP contribution in [-0.4, -0.2) is 18.9 Å². The van der Waals surface area contributed by atoms with Crippen LogP contribution in [0.3, 0.4) is 0 Å². The Morgan fingerprint density at radius 3 is 2.48 bits per heavy atom. The number of rotatable bonds is 7. The van der Waals surface area contributed by atoms with Crippen molar-refractivity contribution in [2.75, 3.05) is 0 Å². The van der Waals surface area contributed by atoms with Gasteiger partial charge in [0.05, 0.1) is 0 Å². The predicted octanol–water partition coefficient (Wildman–Crippen LogP) is 1.89. The fourth-order valence-electron chi connectivity index (χ4n) is 2.54. The number of hydrogen-bond acceptors (Lipinski definition) is 3. The Hall–Kier alpha value is -1.85. The maximum Gasteiger partial charge on any atom is 0.332 e. The Morgan fingerprint density at radius 1 is 1.05 bits per heavy atom. The summed E-state index contributed by atoms with van der Waals surface area (Å²) in [7, 11) is 1.53. The fourth-order valence-corrected chi connectivity index (χ4v) is 2.54. The van der Waals surface area contributed by atoms with Gasteiger partial charge in [-0.2, -0.15) is 5.10 Å². The summed E-state index contributed by atoms with van der Waals surface area (Å²) in [5, 5.41) is 4.96. The summed E-state index contributed by atoms with van der Waals surface area (Å²) in [6.45, 7) is 5.58. The van der Waals surface area contributed by atoms with Gasteiger partial charge in [-0.1, -0.05) is 33.1 Å².